The van der Waals surface area contributed by atoms with Gasteiger partial charge in [-0.05, 0) is 119 Å². The molecule has 4 aromatic heterocycles. The Balaban J connectivity index is 0.970. The van der Waals surface area contributed by atoms with Gasteiger partial charge in [0.2, 0.25) is 0 Å². The molecule has 6 nitrogen and oxygen atoms in total. The second kappa shape index (κ2) is 17.5. The summed E-state index contributed by atoms with van der Waals surface area (Å²) in [4.78, 5) is 4.96. The monoisotopic (exact) mass is 923 g/mol. The molecule has 0 amide bonds. The highest BCUT2D eigenvalue weighted by atomic mass is 16.5. The van der Waals surface area contributed by atoms with Gasteiger partial charge in [-0.25, -0.2) is 4.98 Å². The van der Waals surface area contributed by atoms with Gasteiger partial charge in [0.25, 0.3) is 6.33 Å². The summed E-state index contributed by atoms with van der Waals surface area (Å²) in [6, 6.07) is 56.0. The molecule has 9 aromatic carbocycles. The van der Waals surface area contributed by atoms with Crippen molar-refractivity contribution in [3.05, 3.63) is 242 Å². The maximum absolute atomic E-state index is 9.16. The largest absolute Gasteiger partial charge is 0.458 e. The van der Waals surface area contributed by atoms with Crippen LogP contribution in [-0.4, -0.2) is 18.7 Å². The Morgan fingerprint density at radius 2 is 1.18 bits per heavy atom. The summed E-state index contributed by atoms with van der Waals surface area (Å²) in [5.41, 5.74) is 11.4. The van der Waals surface area contributed by atoms with E-state index in [4.69, 9.17) is 20.7 Å². The number of nitrogens with zero attached hydrogens (tertiary/aromatic N) is 5. The van der Waals surface area contributed by atoms with Crippen molar-refractivity contribution in [3.8, 4) is 56.6 Å². The van der Waals surface area contributed by atoms with Crippen LogP contribution < -0.4 is 9.30 Å². The number of para-hydroxylation sites is 5. The third-order valence-electron chi connectivity index (χ3n) is 13.8. The van der Waals surface area contributed by atoms with Crippen LogP contribution in [0.4, 0.5) is 0 Å². The van der Waals surface area contributed by atoms with Crippen molar-refractivity contribution in [2.75, 3.05) is 0 Å². The highest BCUT2D eigenvalue weighted by Gasteiger charge is 2.22. The minimum Gasteiger partial charge on any atom is -0.458 e. The van der Waals surface area contributed by atoms with Gasteiger partial charge in [0.05, 0.1) is 55.4 Å². The highest BCUT2D eigenvalue weighted by Crippen LogP contribution is 2.40. The molecular formula is C65H49N5O. The number of ether oxygens (including phenoxy) is 1. The van der Waals surface area contributed by atoms with Gasteiger partial charge in [-0.1, -0.05) is 159 Å². The molecule has 0 fully saturated rings. The number of benzene rings is 9. The number of pyridine rings is 1. The third-order valence-corrected chi connectivity index (χ3v) is 13.8. The molecule has 0 saturated heterocycles. The normalized spacial score (nSPS) is 13.3. The zero-order chi connectivity index (χ0) is 54.4. The molecule has 0 radical (unpaired) electrons. The number of aromatic nitrogens is 5. The summed E-state index contributed by atoms with van der Waals surface area (Å²) in [5.74, 6) is 2.18. The molecule has 340 valence electrons. The molecule has 13 aromatic rings. The van der Waals surface area contributed by atoms with Gasteiger partial charge in [-0.3, -0.25) is 13.7 Å². The van der Waals surface area contributed by atoms with E-state index in [1.807, 2.05) is 85.1 Å². The van der Waals surface area contributed by atoms with Crippen LogP contribution in [0, 0.1) is 6.33 Å². The van der Waals surface area contributed by atoms with Crippen LogP contribution in [0.15, 0.2) is 230 Å². The SMILES string of the molecule is [2H]c1c([2H])c([2H])c2c(c1[2H])c1c([2H])c([2H])c([2H])c([2H])c1n2-c1ccc2c(c1)c1ccc(Oc3cccc(-n4[c-][n+](-c5c(-c6ccccc6)cccc5-c5ccccc5)c5ccccc54)c3)cc1n2-c1cc(C(CC)CC)ccn1. The van der Waals surface area contributed by atoms with E-state index in [9.17, 15) is 0 Å². The molecule has 0 bridgehead atoms. The first-order valence-corrected chi connectivity index (χ1v) is 24.0. The van der Waals surface area contributed by atoms with E-state index in [1.54, 1.807) is 4.57 Å². The Labute approximate surface area is 423 Å². The number of fused-ring (bicyclic) bond motifs is 7. The maximum atomic E-state index is 9.16. The second-order valence-electron chi connectivity index (χ2n) is 17.8. The number of hydrogen-bond donors (Lipinski definition) is 0. The Morgan fingerprint density at radius 3 is 1.90 bits per heavy atom. The van der Waals surface area contributed by atoms with Crippen molar-refractivity contribution in [1.82, 2.24) is 18.7 Å². The van der Waals surface area contributed by atoms with E-state index in [0.29, 0.717) is 28.9 Å². The minimum atomic E-state index is -0.488. The molecule has 4 heterocycles. The predicted octanol–water partition coefficient (Wildman–Crippen LogP) is 16.3. The molecule has 0 atom stereocenters. The smallest absolute Gasteiger partial charge is 0.269 e. The lowest BCUT2D eigenvalue weighted by Gasteiger charge is -2.17. The standard InChI is InChI=1S/C65H49N5O/c1-3-44(4-2)47-37-38-66-64(39-47)70-60-36-33-49(69-58-29-13-11-25-54(58)55-26-12-14-30-59(55)69)41-57(60)56-35-34-51(42-63(56)70)71-50-24-17-23-48(40-50)67-43-68(62-32-16-15-31-61(62)67)65-52(45-19-7-5-8-20-45)27-18-28-53(65)46-21-9-6-10-22-46/h5-42,44H,3-4H2,1-2H3/i11D,12D,13D,14D,25D,26D,29D,30D. The van der Waals surface area contributed by atoms with Gasteiger partial charge >= 0.3 is 0 Å². The van der Waals surface area contributed by atoms with Crippen molar-refractivity contribution >= 4 is 54.6 Å². The van der Waals surface area contributed by atoms with E-state index in [2.05, 4.69) is 131 Å². The van der Waals surface area contributed by atoms with E-state index >= 15 is 0 Å². The van der Waals surface area contributed by atoms with Crippen molar-refractivity contribution in [2.45, 2.75) is 32.6 Å². The van der Waals surface area contributed by atoms with Gasteiger partial charge in [-0.15, -0.1) is 0 Å². The third kappa shape index (κ3) is 7.18. The lowest BCUT2D eigenvalue weighted by atomic mass is 9.95. The van der Waals surface area contributed by atoms with Crippen LogP contribution in [0.5, 0.6) is 11.5 Å². The fourth-order valence-electron chi connectivity index (χ4n) is 10.4. The molecular weight excluding hydrogens is 867 g/mol. The average Bonchev–Trinajstić information content (AvgIpc) is 4.01. The fraction of sp³-hybridized carbons (Fsp3) is 0.0769. The molecule has 0 aliphatic carbocycles. The zero-order valence-corrected chi connectivity index (χ0v) is 39.0. The lowest BCUT2D eigenvalue weighted by Crippen LogP contribution is -2.31. The second-order valence-corrected chi connectivity index (χ2v) is 17.8. The van der Waals surface area contributed by atoms with E-state index in [0.717, 1.165) is 84.9 Å². The summed E-state index contributed by atoms with van der Waals surface area (Å²) in [6.45, 7) is 4.37. The van der Waals surface area contributed by atoms with Gasteiger partial charge in [-0.2, -0.15) is 0 Å². The molecule has 0 N–H and O–H groups in total. The molecule has 0 aliphatic heterocycles. The summed E-state index contributed by atoms with van der Waals surface area (Å²) in [5, 5.41) is 1.66. The Hall–Kier alpha value is -9.00. The van der Waals surface area contributed by atoms with Gasteiger partial charge < -0.3 is 9.30 Å². The summed E-state index contributed by atoms with van der Waals surface area (Å²) in [7, 11) is 0. The number of imidazole rings is 1. The maximum Gasteiger partial charge on any atom is 0.269 e. The Kier molecular flexibility index (Phi) is 8.46. The molecule has 0 aliphatic rings. The summed E-state index contributed by atoms with van der Waals surface area (Å²) >= 11 is 0. The van der Waals surface area contributed by atoms with Crippen LogP contribution in [0.3, 0.4) is 0 Å². The van der Waals surface area contributed by atoms with Crippen LogP contribution in [0.1, 0.15) is 49.1 Å². The lowest BCUT2D eigenvalue weighted by molar-refractivity contribution is -0.571. The first kappa shape index (κ1) is 34.3. The van der Waals surface area contributed by atoms with Gasteiger partial charge in [0.1, 0.15) is 17.3 Å². The first-order chi connectivity index (χ1) is 38.4. The van der Waals surface area contributed by atoms with Crippen LogP contribution >= 0.6 is 0 Å². The molecule has 0 saturated carbocycles. The topological polar surface area (TPSA) is 40.8 Å². The minimum absolute atomic E-state index is 0.0245. The highest BCUT2D eigenvalue weighted by molar-refractivity contribution is 6.12. The summed E-state index contributed by atoms with van der Waals surface area (Å²) < 4.78 is 85.6. The summed E-state index contributed by atoms with van der Waals surface area (Å²) in [6.07, 6.45) is 7.52. The Morgan fingerprint density at radius 1 is 0.521 bits per heavy atom. The van der Waals surface area contributed by atoms with Crippen LogP contribution in [0.25, 0.3) is 99.8 Å². The van der Waals surface area contributed by atoms with Gasteiger partial charge in [0.15, 0.2) is 0 Å². The molecule has 71 heavy (non-hydrogen) atoms. The fourth-order valence-corrected chi connectivity index (χ4v) is 10.4. The average molecular weight is 924 g/mol. The van der Waals surface area contributed by atoms with Crippen molar-refractivity contribution in [1.29, 1.82) is 0 Å². The van der Waals surface area contributed by atoms with Crippen LogP contribution in [0.2, 0.25) is 0 Å². The predicted molar refractivity (Wildman–Crippen MR) is 291 cm³/mol. The number of rotatable bonds is 11. The molecule has 0 unspecified atom stereocenters. The van der Waals surface area contributed by atoms with E-state index < -0.39 is 24.2 Å². The van der Waals surface area contributed by atoms with E-state index in [1.165, 1.54) is 0 Å². The molecule has 13 rings (SSSR count). The van der Waals surface area contributed by atoms with Crippen molar-refractivity contribution in [2.24, 2.45) is 0 Å². The molecule has 0 spiro atoms. The molecule has 6 heteroatoms. The Bertz CT molecular complexity index is 4470. The first-order valence-electron chi connectivity index (χ1n) is 28.0. The van der Waals surface area contributed by atoms with Gasteiger partial charge in [0, 0.05) is 39.5 Å². The van der Waals surface area contributed by atoms with Crippen LogP contribution in [-0.2, 0) is 0 Å². The zero-order valence-electron chi connectivity index (χ0n) is 47.0. The number of hydrogen-bond acceptors (Lipinski definition) is 2. The van der Waals surface area contributed by atoms with Crippen molar-refractivity contribution < 1.29 is 20.3 Å². The van der Waals surface area contributed by atoms with E-state index in [-0.39, 0.29) is 46.0 Å². The quantitative estimate of drug-likeness (QED) is 0.0958. The van der Waals surface area contributed by atoms with Crippen molar-refractivity contribution in [3.63, 3.8) is 0 Å².